The lowest BCUT2D eigenvalue weighted by atomic mass is 9.84. The molecule has 0 saturated carbocycles. The number of ether oxygens (including phenoxy) is 2. The molecule has 5 nitrogen and oxygen atoms in total. The number of nitrogens with zero attached hydrogens (tertiary/aromatic N) is 3. The number of rotatable bonds is 2. The molecule has 1 aromatic carbocycles. The maximum Gasteiger partial charge on any atom is 0.137 e. The zero-order valence-corrected chi connectivity index (χ0v) is 17.5. The van der Waals surface area contributed by atoms with Crippen LogP contribution in [-0.2, 0) is 4.74 Å². The summed E-state index contributed by atoms with van der Waals surface area (Å²) in [5.41, 5.74) is 5.43. The van der Waals surface area contributed by atoms with E-state index in [1.165, 1.54) is 23.1 Å². The molecule has 0 atom stereocenters. The summed E-state index contributed by atoms with van der Waals surface area (Å²) < 4.78 is 12.2. The monoisotopic (exact) mass is 397 g/mol. The predicted molar refractivity (Wildman–Crippen MR) is 116 cm³/mol. The molecule has 150 valence electrons. The van der Waals surface area contributed by atoms with Gasteiger partial charge in [-0.25, -0.2) is 0 Å². The Balaban J connectivity index is 1.81. The van der Waals surface area contributed by atoms with Crippen molar-refractivity contribution in [2.45, 2.75) is 32.6 Å². The summed E-state index contributed by atoms with van der Waals surface area (Å²) in [6, 6.07) is 10.2. The maximum atomic E-state index is 9.23. The van der Waals surface area contributed by atoms with Crippen molar-refractivity contribution in [3.63, 3.8) is 0 Å². The lowest BCUT2D eigenvalue weighted by Gasteiger charge is -2.30. The van der Waals surface area contributed by atoms with Crippen molar-refractivity contribution in [1.82, 2.24) is 0 Å². The van der Waals surface area contributed by atoms with Crippen LogP contribution < -0.4 is 9.64 Å². The van der Waals surface area contributed by atoms with Gasteiger partial charge >= 0.3 is 0 Å². The molecule has 0 amide bonds. The van der Waals surface area contributed by atoms with E-state index in [-0.39, 0.29) is 5.57 Å². The summed E-state index contributed by atoms with van der Waals surface area (Å²) in [7, 11) is 4.02. The molecule has 0 saturated heterocycles. The number of allylic oxidation sites excluding steroid dienone is 8. The van der Waals surface area contributed by atoms with Gasteiger partial charge in [0, 0.05) is 43.1 Å². The standard InChI is InChI=1S/C25H23N3O2/c1-16-10-17(18(14-26)15-27)11-20(29-16)13-25-22-7-5-4-6-21(22)23-9-8-19(28(2)3)12-24(23)30-25/h8-13H,4-7H2,1-3H3/b25-13+. The highest BCUT2D eigenvalue weighted by Gasteiger charge is 2.27. The number of anilines is 1. The van der Waals surface area contributed by atoms with E-state index >= 15 is 0 Å². The highest BCUT2D eigenvalue weighted by atomic mass is 16.5. The second-order valence-electron chi connectivity index (χ2n) is 7.81. The van der Waals surface area contributed by atoms with Gasteiger partial charge in [-0.05, 0) is 68.0 Å². The van der Waals surface area contributed by atoms with E-state index in [9.17, 15) is 10.5 Å². The van der Waals surface area contributed by atoms with Crippen LogP contribution in [0.2, 0.25) is 0 Å². The lowest BCUT2D eigenvalue weighted by Crippen LogP contribution is -2.15. The van der Waals surface area contributed by atoms with E-state index in [0.29, 0.717) is 17.1 Å². The topological polar surface area (TPSA) is 69.3 Å². The van der Waals surface area contributed by atoms with Crippen LogP contribution in [0.25, 0.3) is 5.57 Å². The van der Waals surface area contributed by atoms with Gasteiger partial charge in [0.1, 0.15) is 40.7 Å². The molecular weight excluding hydrogens is 374 g/mol. The van der Waals surface area contributed by atoms with Crippen molar-refractivity contribution in [1.29, 1.82) is 10.5 Å². The Morgan fingerprint density at radius 2 is 1.77 bits per heavy atom. The Morgan fingerprint density at radius 1 is 1.03 bits per heavy atom. The Bertz CT molecular complexity index is 1130. The third kappa shape index (κ3) is 3.63. The molecule has 0 bridgehead atoms. The highest BCUT2D eigenvalue weighted by molar-refractivity contribution is 5.80. The van der Waals surface area contributed by atoms with Gasteiger partial charge in [0.2, 0.25) is 0 Å². The van der Waals surface area contributed by atoms with E-state index in [1.807, 2.05) is 39.2 Å². The predicted octanol–water partition coefficient (Wildman–Crippen LogP) is 5.52. The van der Waals surface area contributed by atoms with Gasteiger partial charge in [-0.3, -0.25) is 0 Å². The van der Waals surface area contributed by atoms with Gasteiger partial charge in [0.15, 0.2) is 0 Å². The van der Waals surface area contributed by atoms with Crippen LogP contribution >= 0.6 is 0 Å². The van der Waals surface area contributed by atoms with Gasteiger partial charge in [0.05, 0.1) is 0 Å². The van der Waals surface area contributed by atoms with Crippen molar-refractivity contribution < 1.29 is 9.47 Å². The molecule has 0 radical (unpaired) electrons. The summed E-state index contributed by atoms with van der Waals surface area (Å²) in [6.45, 7) is 1.81. The van der Waals surface area contributed by atoms with Crippen LogP contribution in [0, 0.1) is 22.7 Å². The average Bonchev–Trinajstić information content (AvgIpc) is 2.74. The molecule has 1 aromatic rings. The fourth-order valence-corrected chi connectivity index (χ4v) is 4.05. The first-order chi connectivity index (χ1) is 14.5. The third-order valence-electron chi connectivity index (χ3n) is 5.51. The fraction of sp³-hybridized carbons (Fsp3) is 0.280. The molecule has 0 fully saturated rings. The summed E-state index contributed by atoms with van der Waals surface area (Å²) in [5.74, 6) is 2.82. The molecule has 0 unspecified atom stereocenters. The second-order valence-corrected chi connectivity index (χ2v) is 7.81. The number of fused-ring (bicyclic) bond motifs is 2. The van der Waals surface area contributed by atoms with Gasteiger partial charge in [0.25, 0.3) is 0 Å². The van der Waals surface area contributed by atoms with Crippen molar-refractivity contribution in [2.24, 2.45) is 0 Å². The molecule has 0 aromatic heterocycles. The zero-order valence-electron chi connectivity index (χ0n) is 17.5. The minimum absolute atomic E-state index is 0.0663. The third-order valence-corrected chi connectivity index (χ3v) is 5.51. The number of hydrogen-bond donors (Lipinski definition) is 0. The van der Waals surface area contributed by atoms with E-state index in [4.69, 9.17) is 9.47 Å². The van der Waals surface area contributed by atoms with E-state index < -0.39 is 0 Å². The summed E-state index contributed by atoms with van der Waals surface area (Å²) in [5, 5.41) is 18.5. The maximum absolute atomic E-state index is 9.23. The van der Waals surface area contributed by atoms with E-state index in [0.717, 1.165) is 36.5 Å². The SMILES string of the molecule is CC1=CC(=C(C#N)C#N)C=C(/C=C2/Oc3cc(N(C)C)ccc3C3=C2CCCC3)O1. The number of nitriles is 2. The van der Waals surface area contributed by atoms with Gasteiger partial charge in [-0.2, -0.15) is 10.5 Å². The van der Waals surface area contributed by atoms with Crippen molar-refractivity contribution in [3.05, 3.63) is 76.0 Å². The molecule has 0 N–H and O–H groups in total. The van der Waals surface area contributed by atoms with Crippen molar-refractivity contribution in [3.8, 4) is 17.9 Å². The van der Waals surface area contributed by atoms with Gasteiger partial charge in [-0.15, -0.1) is 0 Å². The summed E-state index contributed by atoms with van der Waals surface area (Å²) >= 11 is 0. The molecular formula is C25H23N3O2. The Hall–Kier alpha value is -3.70. The number of benzene rings is 1. The zero-order chi connectivity index (χ0) is 21.3. The lowest BCUT2D eigenvalue weighted by molar-refractivity contribution is 0.313. The largest absolute Gasteiger partial charge is 0.462 e. The van der Waals surface area contributed by atoms with Crippen LogP contribution in [0.4, 0.5) is 5.69 Å². The molecule has 0 spiro atoms. The van der Waals surface area contributed by atoms with E-state index in [2.05, 4.69) is 23.1 Å². The van der Waals surface area contributed by atoms with Crippen LogP contribution in [-0.4, -0.2) is 14.1 Å². The fourth-order valence-electron chi connectivity index (χ4n) is 4.05. The van der Waals surface area contributed by atoms with Crippen molar-refractivity contribution >= 4 is 11.3 Å². The normalized spacial score (nSPS) is 18.7. The van der Waals surface area contributed by atoms with Crippen molar-refractivity contribution in [2.75, 3.05) is 19.0 Å². The molecule has 3 aliphatic rings. The molecule has 2 aliphatic heterocycles. The first-order valence-corrected chi connectivity index (χ1v) is 10.1. The summed E-state index contributed by atoms with van der Waals surface area (Å²) in [6.07, 6.45) is 9.60. The number of hydrogen-bond acceptors (Lipinski definition) is 5. The minimum atomic E-state index is 0.0663. The first-order valence-electron chi connectivity index (χ1n) is 10.1. The van der Waals surface area contributed by atoms with Crippen LogP contribution in [0.5, 0.6) is 5.75 Å². The van der Waals surface area contributed by atoms with Crippen LogP contribution in [0.15, 0.2) is 70.4 Å². The highest BCUT2D eigenvalue weighted by Crippen LogP contribution is 2.46. The summed E-state index contributed by atoms with van der Waals surface area (Å²) in [4.78, 5) is 2.06. The first kappa shape index (κ1) is 19.6. The Kier molecular flexibility index (Phi) is 5.21. The van der Waals surface area contributed by atoms with Gasteiger partial charge < -0.3 is 14.4 Å². The molecule has 30 heavy (non-hydrogen) atoms. The van der Waals surface area contributed by atoms with Gasteiger partial charge in [-0.1, -0.05) is 0 Å². The minimum Gasteiger partial charge on any atom is -0.462 e. The smallest absolute Gasteiger partial charge is 0.137 e. The Morgan fingerprint density at radius 3 is 2.47 bits per heavy atom. The van der Waals surface area contributed by atoms with Crippen LogP contribution in [0.1, 0.15) is 38.2 Å². The van der Waals surface area contributed by atoms with E-state index in [1.54, 1.807) is 12.2 Å². The Labute approximate surface area is 177 Å². The van der Waals surface area contributed by atoms with Crippen LogP contribution in [0.3, 0.4) is 0 Å². The molecule has 5 heteroatoms. The molecule has 4 rings (SSSR count). The average molecular weight is 397 g/mol. The quantitative estimate of drug-likeness (QED) is 0.615. The molecule has 1 aliphatic carbocycles. The second kappa shape index (κ2) is 7.97. The molecule has 2 heterocycles.